The molecule has 11 rings (SSSR count). The van der Waals surface area contributed by atoms with Crippen LogP contribution in [0.5, 0.6) is 46.0 Å². The molecule has 12 atom stereocenters. The predicted molar refractivity (Wildman–Crippen MR) is 366 cm³/mol. The topological polar surface area (TPSA) is 282 Å². The molecule has 0 unspecified atom stereocenters. The van der Waals surface area contributed by atoms with Crippen molar-refractivity contribution in [2.45, 2.75) is 114 Å². The van der Waals surface area contributed by atoms with Gasteiger partial charge in [-0.25, -0.2) is 0 Å². The van der Waals surface area contributed by atoms with Crippen molar-refractivity contribution in [3.05, 3.63) is 131 Å². The number of para-hydroxylation sites is 1. The smallest absolute Gasteiger partial charge is 0.308 e. The Labute approximate surface area is 570 Å². The third kappa shape index (κ3) is 17.9. The van der Waals surface area contributed by atoms with Gasteiger partial charge in [-0.3, -0.25) is 28.9 Å². The van der Waals surface area contributed by atoms with E-state index in [9.17, 15) is 44.4 Å². The number of hydrogen-bond donors (Lipinski definition) is 5. The quantitative estimate of drug-likeness (QED) is 0.0360. The summed E-state index contributed by atoms with van der Waals surface area (Å²) in [5, 5.41) is 38.8. The van der Waals surface area contributed by atoms with Crippen LogP contribution in [0, 0.1) is 23.7 Å². The first-order valence-corrected chi connectivity index (χ1v) is 33.6. The van der Waals surface area contributed by atoms with Crippen LogP contribution < -0.4 is 43.6 Å². The molecule has 0 spiro atoms. The minimum Gasteiger partial charge on any atom is -0.497 e. The van der Waals surface area contributed by atoms with Crippen LogP contribution in [0.1, 0.15) is 111 Å². The van der Waals surface area contributed by atoms with E-state index in [1.807, 2.05) is 150 Å². The SMILES string of the molecule is CCCCN(CCCCN)C(=O)CN1C[C@H](c2cc(OC)c3c(c2)OCO3)[C@@H](C(=O)O)[C@@H]1CCc1cccc2c1OCO2.COc1ccc([C@H]2CN(C)[C@@H](C)[C@@H]2C(=O)O)cc1.COc1ccc([C@H]2CN(C)[C@@H](C)[C@@H]2C(=O)O)cc1.COc1ccc([C@H]2CN(C)[C@@H](C)[C@@H]2C(=O)O)cc1. The van der Waals surface area contributed by atoms with E-state index in [0.717, 1.165) is 90.4 Å². The molecule has 1 amide bonds. The van der Waals surface area contributed by atoms with Crippen LogP contribution in [-0.4, -0.2) is 214 Å². The molecule has 6 aliphatic rings. The third-order valence-electron chi connectivity index (χ3n) is 20.6. The Hall–Kier alpha value is -8.35. The number of fused-ring (bicyclic) bond motifs is 2. The van der Waals surface area contributed by atoms with Crippen molar-refractivity contribution in [2.75, 3.05) is 116 Å². The molecule has 5 aromatic carbocycles. The van der Waals surface area contributed by atoms with Gasteiger partial charge < -0.3 is 83.7 Å². The van der Waals surface area contributed by atoms with Crippen LogP contribution in [0.2, 0.25) is 0 Å². The monoisotopic (exact) mass is 1340 g/mol. The summed E-state index contributed by atoms with van der Waals surface area (Å²) in [5.41, 5.74) is 10.7. The van der Waals surface area contributed by atoms with E-state index in [1.54, 1.807) is 28.4 Å². The number of likely N-dealkylation sites (N-methyl/N-ethyl adjacent to an activating group) is 3. The number of carbonyl (C=O) groups is 5. The molecule has 6 aliphatic heterocycles. The van der Waals surface area contributed by atoms with Gasteiger partial charge in [-0.2, -0.15) is 0 Å². The number of nitrogens with zero attached hydrogens (tertiary/aromatic N) is 5. The number of likely N-dealkylation sites (tertiary alicyclic amines) is 4. The summed E-state index contributed by atoms with van der Waals surface area (Å²) in [7, 11) is 12.4. The fourth-order valence-electron chi connectivity index (χ4n) is 14.7. The van der Waals surface area contributed by atoms with Crippen LogP contribution >= 0.6 is 0 Å². The second-order valence-electron chi connectivity index (χ2n) is 26.1. The number of benzene rings is 5. The van der Waals surface area contributed by atoms with E-state index in [1.165, 1.54) is 0 Å². The van der Waals surface area contributed by atoms with E-state index < -0.39 is 35.8 Å². The summed E-state index contributed by atoms with van der Waals surface area (Å²) in [5.74, 6) is 0.288. The highest BCUT2D eigenvalue weighted by molar-refractivity contribution is 5.79. The molecule has 6 N–H and O–H groups in total. The molecule has 5 aromatic rings. The van der Waals surface area contributed by atoms with Crippen molar-refractivity contribution in [3.8, 4) is 46.0 Å². The third-order valence-corrected chi connectivity index (χ3v) is 20.6. The van der Waals surface area contributed by atoms with Crippen molar-refractivity contribution >= 4 is 29.8 Å². The lowest BCUT2D eigenvalue weighted by Crippen LogP contribution is -2.45. The molecule has 0 saturated carbocycles. The normalized spacial score (nSPS) is 24.8. The summed E-state index contributed by atoms with van der Waals surface area (Å²) in [4.78, 5) is 71.3. The summed E-state index contributed by atoms with van der Waals surface area (Å²) in [6.45, 7) is 13.1. The van der Waals surface area contributed by atoms with E-state index in [2.05, 4.69) is 26.5 Å². The fraction of sp³-hybridized carbons (Fsp3) is 0.527. The molecule has 0 bridgehead atoms. The minimum atomic E-state index is -0.898. The molecule has 0 aliphatic carbocycles. The lowest BCUT2D eigenvalue weighted by atomic mass is 9.83. The van der Waals surface area contributed by atoms with Gasteiger partial charge in [0.25, 0.3) is 0 Å². The zero-order valence-electron chi connectivity index (χ0n) is 58.0. The number of methoxy groups -OCH3 is 4. The lowest BCUT2D eigenvalue weighted by molar-refractivity contribution is -0.144. The number of carbonyl (C=O) groups excluding carboxylic acids is 1. The van der Waals surface area contributed by atoms with Gasteiger partial charge in [0.1, 0.15) is 17.2 Å². The van der Waals surface area contributed by atoms with Crippen LogP contribution in [0.25, 0.3) is 0 Å². The first-order valence-electron chi connectivity index (χ1n) is 33.6. The molecule has 4 fully saturated rings. The average Bonchev–Trinajstić information content (AvgIpc) is 1.58. The fourth-order valence-corrected chi connectivity index (χ4v) is 14.7. The maximum Gasteiger partial charge on any atom is 0.308 e. The number of rotatable bonds is 24. The summed E-state index contributed by atoms with van der Waals surface area (Å²) < 4.78 is 43.5. The van der Waals surface area contributed by atoms with Crippen molar-refractivity contribution in [1.82, 2.24) is 24.5 Å². The number of aryl methyl sites for hydroxylation is 1. The number of aliphatic carboxylic acids is 4. The Bertz CT molecular complexity index is 3210. The van der Waals surface area contributed by atoms with Gasteiger partial charge in [0.05, 0.1) is 58.7 Å². The molecular formula is C74H100N6O17. The molecule has 0 radical (unpaired) electrons. The molecule has 6 heterocycles. The Balaban J connectivity index is 0.000000184. The number of unbranched alkanes of at least 4 members (excludes halogenated alkanes) is 2. The minimum absolute atomic E-state index is 0.0147. The van der Waals surface area contributed by atoms with Crippen LogP contribution in [0.15, 0.2) is 103 Å². The summed E-state index contributed by atoms with van der Waals surface area (Å²) >= 11 is 0. The maximum absolute atomic E-state index is 13.8. The second kappa shape index (κ2) is 34.7. The highest BCUT2D eigenvalue weighted by Crippen LogP contribution is 2.48. The zero-order valence-corrected chi connectivity index (χ0v) is 58.0. The second-order valence-corrected chi connectivity index (χ2v) is 26.1. The molecule has 4 saturated heterocycles. The molecule has 97 heavy (non-hydrogen) atoms. The van der Waals surface area contributed by atoms with Crippen LogP contribution in [0.4, 0.5) is 0 Å². The van der Waals surface area contributed by atoms with E-state index in [0.29, 0.717) is 67.8 Å². The van der Waals surface area contributed by atoms with E-state index in [4.69, 9.17) is 43.6 Å². The van der Waals surface area contributed by atoms with E-state index >= 15 is 0 Å². The largest absolute Gasteiger partial charge is 0.497 e. The first-order chi connectivity index (χ1) is 46.6. The number of carboxylic acids is 4. The highest BCUT2D eigenvalue weighted by atomic mass is 16.7. The molecule has 23 nitrogen and oxygen atoms in total. The number of ether oxygens (including phenoxy) is 8. The van der Waals surface area contributed by atoms with Gasteiger partial charge in [-0.15, -0.1) is 0 Å². The molecule has 528 valence electrons. The Morgan fingerprint density at radius 2 is 0.948 bits per heavy atom. The zero-order chi connectivity index (χ0) is 70.2. The average molecular weight is 1350 g/mol. The van der Waals surface area contributed by atoms with Crippen molar-refractivity contribution in [3.63, 3.8) is 0 Å². The number of hydrogen-bond acceptors (Lipinski definition) is 18. The Morgan fingerprint density at radius 1 is 0.515 bits per heavy atom. The van der Waals surface area contributed by atoms with Crippen molar-refractivity contribution in [1.29, 1.82) is 0 Å². The van der Waals surface area contributed by atoms with Gasteiger partial charge >= 0.3 is 23.9 Å². The highest BCUT2D eigenvalue weighted by Gasteiger charge is 2.49. The van der Waals surface area contributed by atoms with Crippen LogP contribution in [-0.2, 0) is 30.4 Å². The van der Waals surface area contributed by atoms with Gasteiger partial charge in [0.2, 0.25) is 25.2 Å². The standard InChI is InChI=1S/C32H43N3O8.3C14H19NO3/c1-3-4-13-34(14-6-5-12-33)28(36)18-35-17-23(22-15-26(39-2)31-27(16-22)41-20-43-31)29(32(37)38)24(35)11-10-21-8-7-9-25-30(21)42-19-40-25;3*1-9-13(14(16)17)12(8-15(9)2)10-4-6-11(18-3)7-5-10/h7-9,15-16,23-24,29H,3-6,10-14,17-20,33H2,1-2H3,(H,37,38);3*4-7,9,12-13H,8H2,1-3H3,(H,16,17)/t23-,24+,29-;3*9-,12+,13-/m1000/s1. The lowest BCUT2D eigenvalue weighted by Gasteiger charge is -2.30. The van der Waals surface area contributed by atoms with E-state index in [-0.39, 0.29) is 85.6 Å². The maximum atomic E-state index is 13.8. The van der Waals surface area contributed by atoms with Gasteiger partial charge in [-0.05, 0) is 163 Å². The van der Waals surface area contributed by atoms with Crippen molar-refractivity contribution < 1.29 is 82.3 Å². The first kappa shape index (κ1) is 74.4. The Kier molecular flexibility index (Phi) is 26.7. The molecule has 23 heteroatoms. The molecule has 0 aromatic heterocycles. The number of nitrogens with two attached hydrogens (primary N) is 1. The van der Waals surface area contributed by atoms with Gasteiger partial charge in [0, 0.05) is 87.1 Å². The number of carboxylic acid groups (broad SMARTS) is 4. The predicted octanol–water partition coefficient (Wildman–Crippen LogP) is 9.06. The number of amides is 1. The Morgan fingerprint density at radius 3 is 1.37 bits per heavy atom. The van der Waals surface area contributed by atoms with Gasteiger partial charge in [-0.1, -0.05) is 61.9 Å². The van der Waals surface area contributed by atoms with Crippen molar-refractivity contribution in [2.24, 2.45) is 29.4 Å². The summed E-state index contributed by atoms with van der Waals surface area (Å²) in [6.07, 6.45) is 4.70. The van der Waals surface area contributed by atoms with Crippen LogP contribution in [0.3, 0.4) is 0 Å². The molecular weight excluding hydrogens is 1240 g/mol. The van der Waals surface area contributed by atoms with Gasteiger partial charge in [0.15, 0.2) is 23.0 Å². The summed E-state index contributed by atoms with van der Waals surface area (Å²) in [6, 6.07) is 32.4.